The smallest absolute Gasteiger partial charge is 0.267 e. The average molecular weight is 534 g/mol. The zero-order valence-corrected chi connectivity index (χ0v) is 23.1. The van der Waals surface area contributed by atoms with Crippen LogP contribution in [-0.2, 0) is 24.1 Å². The highest BCUT2D eigenvalue weighted by Gasteiger charge is 2.23. The Labute approximate surface area is 225 Å². The van der Waals surface area contributed by atoms with E-state index in [0.29, 0.717) is 11.7 Å². The maximum absolute atomic E-state index is 13.9. The maximum atomic E-state index is 13.9. The Morgan fingerprint density at radius 2 is 1.92 bits per heavy atom. The number of fused-ring (bicyclic) bond motifs is 3. The molecule has 0 spiro atoms. The monoisotopic (exact) mass is 533 g/mol. The summed E-state index contributed by atoms with van der Waals surface area (Å²) in [6, 6.07) is 13.9. The number of carbonyl (C=O) groups excluding carboxylic acids is 1. The number of hydrogen-bond acceptors (Lipinski definition) is 6. The Hall–Kier alpha value is -3.10. The lowest BCUT2D eigenvalue weighted by Crippen LogP contribution is -2.28. The molecule has 0 fully saturated rings. The van der Waals surface area contributed by atoms with Crippen LogP contribution in [0, 0.1) is 13.8 Å². The summed E-state index contributed by atoms with van der Waals surface area (Å²) in [5.74, 6) is 0.928. The van der Waals surface area contributed by atoms with Crippen LogP contribution in [-0.4, -0.2) is 34.9 Å². The zero-order valence-electron chi connectivity index (χ0n) is 21.4. The van der Waals surface area contributed by atoms with Crippen LogP contribution in [0.4, 0.5) is 0 Å². The second kappa shape index (κ2) is 11.1. The van der Waals surface area contributed by atoms with Gasteiger partial charge in [-0.2, -0.15) is 0 Å². The number of rotatable bonds is 8. The molecule has 2 aromatic carbocycles. The summed E-state index contributed by atoms with van der Waals surface area (Å²) in [6.07, 6.45) is 4.94. The number of aromatic nitrogens is 2. The van der Waals surface area contributed by atoms with Gasteiger partial charge < -0.3 is 10.1 Å². The molecule has 0 radical (unpaired) electrons. The van der Waals surface area contributed by atoms with Crippen LogP contribution in [0.3, 0.4) is 0 Å². The summed E-state index contributed by atoms with van der Waals surface area (Å²) in [5, 5.41) is 4.32. The lowest BCUT2D eigenvalue weighted by atomic mass is 9.97. The molecule has 2 heterocycles. The molecule has 6 nitrogen and oxygen atoms in total. The van der Waals surface area contributed by atoms with Crippen molar-refractivity contribution in [2.24, 2.45) is 0 Å². The van der Waals surface area contributed by atoms with Gasteiger partial charge in [-0.3, -0.25) is 14.2 Å². The Kier molecular flexibility index (Phi) is 7.67. The molecule has 1 amide bonds. The van der Waals surface area contributed by atoms with Gasteiger partial charge in [0.2, 0.25) is 5.91 Å². The van der Waals surface area contributed by atoms with E-state index in [1.807, 2.05) is 50.2 Å². The predicted molar refractivity (Wildman–Crippen MR) is 152 cm³/mol. The lowest BCUT2D eigenvalue weighted by Gasteiger charge is -2.15. The zero-order chi connectivity index (χ0) is 25.9. The molecule has 1 N–H and O–H groups in total. The number of methoxy groups -OCH3 is 1. The van der Waals surface area contributed by atoms with E-state index in [1.54, 1.807) is 23.0 Å². The molecule has 0 bridgehead atoms. The van der Waals surface area contributed by atoms with Gasteiger partial charge in [-0.15, -0.1) is 11.3 Å². The van der Waals surface area contributed by atoms with E-state index >= 15 is 0 Å². The quantitative estimate of drug-likeness (QED) is 0.242. The first-order valence-corrected chi connectivity index (χ1v) is 14.4. The van der Waals surface area contributed by atoms with Crippen LogP contribution in [0.25, 0.3) is 15.9 Å². The number of nitrogens with one attached hydrogen (secondary N) is 1. The minimum atomic E-state index is -0.0782. The average Bonchev–Trinajstić information content (AvgIpc) is 3.27. The Bertz CT molecular complexity index is 1510. The highest BCUT2D eigenvalue weighted by molar-refractivity contribution is 7.99. The van der Waals surface area contributed by atoms with Crippen molar-refractivity contribution in [1.82, 2.24) is 14.9 Å². The van der Waals surface area contributed by atoms with Gasteiger partial charge in [-0.1, -0.05) is 41.6 Å². The van der Waals surface area contributed by atoms with Crippen molar-refractivity contribution >= 4 is 39.2 Å². The van der Waals surface area contributed by atoms with Crippen molar-refractivity contribution in [2.45, 2.75) is 51.1 Å². The van der Waals surface area contributed by atoms with Gasteiger partial charge >= 0.3 is 0 Å². The van der Waals surface area contributed by atoms with Crippen molar-refractivity contribution in [3.63, 3.8) is 0 Å². The first-order chi connectivity index (χ1) is 17.9. The molecule has 192 valence electrons. The van der Waals surface area contributed by atoms with E-state index in [1.165, 1.54) is 22.2 Å². The van der Waals surface area contributed by atoms with E-state index in [0.717, 1.165) is 70.4 Å². The highest BCUT2D eigenvalue weighted by atomic mass is 32.2. The summed E-state index contributed by atoms with van der Waals surface area (Å²) < 4.78 is 6.91. The number of thioether (sulfide) groups is 1. The third-order valence-electron chi connectivity index (χ3n) is 6.78. The van der Waals surface area contributed by atoms with Crippen molar-refractivity contribution < 1.29 is 9.53 Å². The lowest BCUT2D eigenvalue weighted by molar-refractivity contribution is -0.118. The molecule has 0 aliphatic heterocycles. The van der Waals surface area contributed by atoms with Gasteiger partial charge in [-0.05, 0) is 80.8 Å². The van der Waals surface area contributed by atoms with Crippen molar-refractivity contribution in [1.29, 1.82) is 0 Å². The van der Waals surface area contributed by atoms with Gasteiger partial charge in [0, 0.05) is 11.4 Å². The summed E-state index contributed by atoms with van der Waals surface area (Å²) in [6.45, 7) is 4.60. The molecule has 1 aliphatic carbocycles. The Balaban J connectivity index is 1.39. The highest BCUT2D eigenvalue weighted by Crippen LogP contribution is 2.35. The third-order valence-corrected chi connectivity index (χ3v) is 8.90. The molecule has 37 heavy (non-hydrogen) atoms. The molecular weight excluding hydrogens is 502 g/mol. The number of carbonyl (C=O) groups is 1. The minimum absolute atomic E-state index is 0.0289. The van der Waals surface area contributed by atoms with Gasteiger partial charge in [0.25, 0.3) is 5.56 Å². The van der Waals surface area contributed by atoms with E-state index in [-0.39, 0.29) is 17.2 Å². The van der Waals surface area contributed by atoms with Gasteiger partial charge in [0.1, 0.15) is 10.6 Å². The molecule has 0 saturated heterocycles. The number of aryl methyl sites for hydroxylation is 4. The van der Waals surface area contributed by atoms with E-state index < -0.39 is 0 Å². The molecule has 0 atom stereocenters. The minimum Gasteiger partial charge on any atom is -0.497 e. The fourth-order valence-corrected chi connectivity index (χ4v) is 7.01. The Morgan fingerprint density at radius 1 is 1.14 bits per heavy atom. The second-order valence-corrected chi connectivity index (χ2v) is 11.5. The topological polar surface area (TPSA) is 73.2 Å². The normalized spacial score (nSPS) is 12.9. The van der Waals surface area contributed by atoms with E-state index in [2.05, 4.69) is 11.4 Å². The van der Waals surface area contributed by atoms with E-state index in [9.17, 15) is 9.59 Å². The largest absolute Gasteiger partial charge is 0.497 e. The fourth-order valence-electron chi connectivity index (χ4n) is 4.87. The molecular formula is C29H31N3O3S2. The van der Waals surface area contributed by atoms with E-state index in [4.69, 9.17) is 9.72 Å². The number of benzene rings is 2. The molecule has 2 aromatic heterocycles. The summed E-state index contributed by atoms with van der Waals surface area (Å²) in [5.41, 5.74) is 5.25. The molecule has 0 saturated carbocycles. The predicted octanol–water partition coefficient (Wildman–Crippen LogP) is 5.40. The van der Waals surface area contributed by atoms with Crippen LogP contribution in [0.15, 0.2) is 52.4 Å². The van der Waals surface area contributed by atoms with Crippen LogP contribution in [0.1, 0.15) is 40.0 Å². The van der Waals surface area contributed by atoms with Crippen molar-refractivity contribution in [3.8, 4) is 11.4 Å². The summed E-state index contributed by atoms with van der Waals surface area (Å²) >= 11 is 2.96. The third kappa shape index (κ3) is 5.45. The SMILES string of the molecule is COc1ccc(CCNC(=O)CSc2nc3sc4c(c3c(=O)n2-c2ccc(C)cc2C)CCCC4)cc1. The van der Waals surface area contributed by atoms with Gasteiger partial charge in [0.05, 0.1) is 23.9 Å². The van der Waals surface area contributed by atoms with Gasteiger partial charge in [-0.25, -0.2) is 4.98 Å². The summed E-state index contributed by atoms with van der Waals surface area (Å²) in [4.78, 5) is 33.7. The first kappa shape index (κ1) is 25.5. The van der Waals surface area contributed by atoms with Gasteiger partial charge in [0.15, 0.2) is 5.16 Å². The standard InChI is InChI=1S/C29H31N3O3S2/c1-18-8-13-23(19(2)16-18)32-28(34)26-22-6-4-5-7-24(22)37-27(26)31-29(32)36-17-25(33)30-15-14-20-9-11-21(35-3)12-10-20/h8-13,16H,4-7,14-15,17H2,1-3H3,(H,30,33). The first-order valence-electron chi connectivity index (χ1n) is 12.6. The van der Waals surface area contributed by atoms with Crippen LogP contribution < -0.4 is 15.6 Å². The van der Waals surface area contributed by atoms with Crippen molar-refractivity contribution in [3.05, 3.63) is 79.9 Å². The van der Waals surface area contributed by atoms with Crippen LogP contribution in [0.2, 0.25) is 0 Å². The van der Waals surface area contributed by atoms with Crippen LogP contribution >= 0.6 is 23.1 Å². The number of thiophene rings is 1. The molecule has 8 heteroatoms. The molecule has 0 unspecified atom stereocenters. The number of amides is 1. The molecule has 5 rings (SSSR count). The fraction of sp³-hybridized carbons (Fsp3) is 0.345. The Morgan fingerprint density at radius 3 is 2.68 bits per heavy atom. The number of nitrogens with zero attached hydrogens (tertiary/aromatic N) is 2. The number of ether oxygens (including phenoxy) is 1. The van der Waals surface area contributed by atoms with Crippen LogP contribution in [0.5, 0.6) is 5.75 Å². The molecule has 1 aliphatic rings. The summed E-state index contributed by atoms with van der Waals surface area (Å²) in [7, 11) is 1.64. The molecule has 4 aromatic rings. The van der Waals surface area contributed by atoms with Crippen molar-refractivity contribution in [2.75, 3.05) is 19.4 Å². The maximum Gasteiger partial charge on any atom is 0.267 e. The number of hydrogen-bond donors (Lipinski definition) is 1. The second-order valence-electron chi connectivity index (χ2n) is 9.45.